The quantitative estimate of drug-likeness (QED) is 0.781. The molecule has 0 heterocycles. The topological polar surface area (TPSA) is 61.4 Å². The summed E-state index contributed by atoms with van der Waals surface area (Å²) in [4.78, 5) is 12.1. The smallest absolute Gasteiger partial charge is 0.319 e. The zero-order chi connectivity index (χ0) is 15.7. The van der Waals surface area contributed by atoms with E-state index in [1.807, 2.05) is 24.3 Å². The molecule has 1 aliphatic carbocycles. The Hall–Kier alpha value is -1.75. The SMILES string of the molecule is O=C(Nc1ccc(Cl)cc1Cl)NC1c2ccccc2CC1O. The number of fused-ring (bicyclic) bond motifs is 1. The van der Waals surface area contributed by atoms with Crippen LogP contribution in [0.1, 0.15) is 17.2 Å². The maximum absolute atomic E-state index is 12.1. The lowest BCUT2D eigenvalue weighted by Crippen LogP contribution is -2.36. The van der Waals surface area contributed by atoms with Crippen molar-refractivity contribution in [3.63, 3.8) is 0 Å². The Balaban J connectivity index is 1.72. The Kier molecular flexibility index (Phi) is 4.25. The fraction of sp³-hybridized carbons (Fsp3) is 0.188. The van der Waals surface area contributed by atoms with Gasteiger partial charge in [-0.2, -0.15) is 0 Å². The highest BCUT2D eigenvalue weighted by molar-refractivity contribution is 6.36. The Morgan fingerprint density at radius 3 is 2.73 bits per heavy atom. The molecular weight excluding hydrogens is 323 g/mol. The summed E-state index contributed by atoms with van der Waals surface area (Å²) in [7, 11) is 0. The molecule has 0 bridgehead atoms. The molecule has 0 saturated heterocycles. The Morgan fingerprint density at radius 1 is 1.18 bits per heavy atom. The van der Waals surface area contributed by atoms with E-state index in [1.54, 1.807) is 18.2 Å². The van der Waals surface area contributed by atoms with Gasteiger partial charge in [0.2, 0.25) is 0 Å². The third-order valence-corrected chi connectivity index (χ3v) is 4.22. The number of benzene rings is 2. The van der Waals surface area contributed by atoms with Crippen molar-refractivity contribution in [1.82, 2.24) is 5.32 Å². The molecule has 3 rings (SSSR count). The second-order valence-electron chi connectivity index (χ2n) is 5.17. The molecule has 4 nitrogen and oxygen atoms in total. The van der Waals surface area contributed by atoms with E-state index in [0.29, 0.717) is 22.2 Å². The molecule has 2 amide bonds. The molecule has 0 fully saturated rings. The molecule has 2 atom stereocenters. The van der Waals surface area contributed by atoms with Crippen LogP contribution in [0, 0.1) is 0 Å². The van der Waals surface area contributed by atoms with E-state index in [4.69, 9.17) is 23.2 Å². The van der Waals surface area contributed by atoms with E-state index in [9.17, 15) is 9.90 Å². The van der Waals surface area contributed by atoms with Crippen molar-refractivity contribution in [3.8, 4) is 0 Å². The largest absolute Gasteiger partial charge is 0.390 e. The van der Waals surface area contributed by atoms with Gasteiger partial charge < -0.3 is 15.7 Å². The summed E-state index contributed by atoms with van der Waals surface area (Å²) in [5, 5.41) is 16.4. The number of nitrogens with one attached hydrogen (secondary N) is 2. The van der Waals surface area contributed by atoms with E-state index >= 15 is 0 Å². The molecule has 0 aliphatic heterocycles. The standard InChI is InChI=1S/C16H14Cl2N2O2/c17-10-5-6-13(12(18)8-10)19-16(22)20-15-11-4-2-1-3-9(11)7-14(15)21/h1-6,8,14-15,21H,7H2,(H2,19,20,22). The van der Waals surface area contributed by atoms with Crippen molar-refractivity contribution in [2.75, 3.05) is 5.32 Å². The molecule has 2 aromatic rings. The number of urea groups is 1. The molecule has 0 saturated carbocycles. The lowest BCUT2D eigenvalue weighted by molar-refractivity contribution is 0.144. The Labute approximate surface area is 138 Å². The number of anilines is 1. The zero-order valence-corrected chi connectivity index (χ0v) is 13.0. The lowest BCUT2D eigenvalue weighted by Gasteiger charge is -2.18. The average molecular weight is 337 g/mol. The highest BCUT2D eigenvalue weighted by atomic mass is 35.5. The maximum atomic E-state index is 12.1. The van der Waals surface area contributed by atoms with Crippen molar-refractivity contribution in [2.24, 2.45) is 0 Å². The van der Waals surface area contributed by atoms with Gasteiger partial charge in [-0.25, -0.2) is 4.79 Å². The number of amides is 2. The number of halogens is 2. The number of carbonyl (C=O) groups is 1. The van der Waals surface area contributed by atoms with Gasteiger partial charge in [-0.1, -0.05) is 47.5 Å². The predicted molar refractivity (Wildman–Crippen MR) is 87.5 cm³/mol. The molecule has 114 valence electrons. The number of hydrogen-bond donors (Lipinski definition) is 3. The van der Waals surface area contributed by atoms with Gasteiger partial charge in [0.15, 0.2) is 0 Å². The van der Waals surface area contributed by atoms with E-state index in [2.05, 4.69) is 10.6 Å². The fourth-order valence-corrected chi connectivity index (χ4v) is 3.09. The number of hydrogen-bond acceptors (Lipinski definition) is 2. The van der Waals surface area contributed by atoms with E-state index < -0.39 is 18.2 Å². The predicted octanol–water partition coefficient (Wildman–Crippen LogP) is 3.77. The molecule has 2 aromatic carbocycles. The van der Waals surface area contributed by atoms with Crippen LogP contribution in [0.4, 0.5) is 10.5 Å². The van der Waals surface area contributed by atoms with Crippen LogP contribution in [0.2, 0.25) is 10.0 Å². The summed E-state index contributed by atoms with van der Waals surface area (Å²) in [6.45, 7) is 0. The van der Waals surface area contributed by atoms with Gasteiger partial charge in [0, 0.05) is 11.4 Å². The van der Waals surface area contributed by atoms with Crippen LogP contribution in [-0.2, 0) is 6.42 Å². The van der Waals surface area contributed by atoms with Crippen LogP contribution < -0.4 is 10.6 Å². The molecule has 0 spiro atoms. The molecular formula is C16H14Cl2N2O2. The van der Waals surface area contributed by atoms with Crippen molar-refractivity contribution < 1.29 is 9.90 Å². The van der Waals surface area contributed by atoms with Crippen molar-refractivity contribution in [1.29, 1.82) is 0 Å². The van der Waals surface area contributed by atoms with E-state index in [0.717, 1.165) is 11.1 Å². The summed E-state index contributed by atoms with van der Waals surface area (Å²) in [5.74, 6) is 0. The van der Waals surface area contributed by atoms with Crippen LogP contribution in [0.25, 0.3) is 0 Å². The monoisotopic (exact) mass is 336 g/mol. The second-order valence-corrected chi connectivity index (χ2v) is 6.01. The first-order valence-corrected chi connectivity index (χ1v) is 7.58. The van der Waals surface area contributed by atoms with E-state index in [1.165, 1.54) is 0 Å². The van der Waals surface area contributed by atoms with Gasteiger partial charge in [-0.05, 0) is 29.3 Å². The summed E-state index contributed by atoms with van der Waals surface area (Å²) in [6.07, 6.45) is -0.105. The summed E-state index contributed by atoms with van der Waals surface area (Å²) < 4.78 is 0. The number of rotatable bonds is 2. The lowest BCUT2D eigenvalue weighted by atomic mass is 10.1. The number of carbonyl (C=O) groups excluding carboxylic acids is 1. The van der Waals surface area contributed by atoms with Crippen molar-refractivity contribution >= 4 is 34.9 Å². The minimum atomic E-state index is -0.635. The van der Waals surface area contributed by atoms with Crippen LogP contribution in [0.3, 0.4) is 0 Å². The number of aliphatic hydroxyl groups is 1. The molecule has 6 heteroatoms. The molecule has 3 N–H and O–H groups in total. The average Bonchev–Trinajstić information content (AvgIpc) is 2.78. The molecule has 0 aromatic heterocycles. The highest BCUT2D eigenvalue weighted by Crippen LogP contribution is 2.31. The van der Waals surface area contributed by atoms with Crippen LogP contribution in [0.15, 0.2) is 42.5 Å². The Morgan fingerprint density at radius 2 is 1.95 bits per heavy atom. The molecule has 1 aliphatic rings. The third-order valence-electron chi connectivity index (χ3n) is 3.67. The van der Waals surface area contributed by atoms with Gasteiger partial charge in [0.05, 0.1) is 22.9 Å². The molecule has 22 heavy (non-hydrogen) atoms. The summed E-state index contributed by atoms with van der Waals surface area (Å²) >= 11 is 11.8. The van der Waals surface area contributed by atoms with E-state index in [-0.39, 0.29) is 0 Å². The first kappa shape index (κ1) is 15.2. The fourth-order valence-electron chi connectivity index (χ4n) is 2.64. The van der Waals surface area contributed by atoms with Crippen LogP contribution in [-0.4, -0.2) is 17.2 Å². The van der Waals surface area contributed by atoms with Gasteiger partial charge in [-0.3, -0.25) is 0 Å². The van der Waals surface area contributed by atoms with Gasteiger partial charge in [-0.15, -0.1) is 0 Å². The van der Waals surface area contributed by atoms with Crippen molar-refractivity contribution in [2.45, 2.75) is 18.6 Å². The minimum Gasteiger partial charge on any atom is -0.390 e. The van der Waals surface area contributed by atoms with Crippen LogP contribution in [0.5, 0.6) is 0 Å². The molecule has 0 radical (unpaired) electrons. The minimum absolute atomic E-state index is 0.357. The van der Waals surface area contributed by atoms with Crippen LogP contribution >= 0.6 is 23.2 Å². The second kappa shape index (κ2) is 6.16. The maximum Gasteiger partial charge on any atom is 0.319 e. The third kappa shape index (κ3) is 3.04. The summed E-state index contributed by atoms with van der Waals surface area (Å²) in [5.41, 5.74) is 2.45. The summed E-state index contributed by atoms with van der Waals surface area (Å²) in [6, 6.07) is 11.6. The zero-order valence-electron chi connectivity index (χ0n) is 11.5. The van der Waals surface area contributed by atoms with Gasteiger partial charge in [0.1, 0.15) is 0 Å². The number of aliphatic hydroxyl groups excluding tert-OH is 1. The van der Waals surface area contributed by atoms with Gasteiger partial charge >= 0.3 is 6.03 Å². The highest BCUT2D eigenvalue weighted by Gasteiger charge is 2.31. The normalized spacial score (nSPS) is 19.6. The molecule has 2 unspecified atom stereocenters. The van der Waals surface area contributed by atoms with Gasteiger partial charge in [0.25, 0.3) is 0 Å². The first-order valence-electron chi connectivity index (χ1n) is 6.83. The Bertz CT molecular complexity index is 721. The first-order chi connectivity index (χ1) is 10.5. The van der Waals surface area contributed by atoms with Crippen molar-refractivity contribution in [3.05, 3.63) is 63.6 Å².